The number of piperidine rings is 2. The van der Waals surface area contributed by atoms with Gasteiger partial charge in [-0.2, -0.15) is 10.2 Å². The molecule has 6 aromatic heterocycles. The predicted octanol–water partition coefficient (Wildman–Crippen LogP) is 12.4. The third kappa shape index (κ3) is 10.1. The van der Waals surface area contributed by atoms with Crippen LogP contribution in [0.15, 0.2) is 49.1 Å². The first-order valence-corrected chi connectivity index (χ1v) is 35.1. The van der Waals surface area contributed by atoms with Crippen LogP contribution in [0.2, 0.25) is 53.9 Å². The molecule has 4 saturated heterocycles. The van der Waals surface area contributed by atoms with E-state index in [4.69, 9.17) is 63.1 Å². The van der Waals surface area contributed by atoms with E-state index in [1.165, 1.54) is 38.5 Å². The van der Waals surface area contributed by atoms with Gasteiger partial charge in [-0.15, -0.1) is 0 Å². The van der Waals surface area contributed by atoms with E-state index in [1.807, 2.05) is 42.5 Å². The summed E-state index contributed by atoms with van der Waals surface area (Å²) in [5, 5.41) is 22.1. The van der Waals surface area contributed by atoms with Gasteiger partial charge in [-0.1, -0.05) is 82.7 Å². The lowest BCUT2D eigenvalue weighted by molar-refractivity contribution is 0.0899. The lowest BCUT2D eigenvalue weighted by Gasteiger charge is -2.38. The summed E-state index contributed by atoms with van der Waals surface area (Å²) in [7, 11) is 0.596. The molecule has 0 aliphatic carbocycles. The Kier molecular flexibility index (Phi) is 14.5. The SMILES string of the molecule is CC1C[C@H]2CC[C@@H](C1)N2c1cnc2c(-c3ccc4nn(C)c(CO[Si](C)(C)C(C)(C)C)c4c3Cl)cn(COCC[Si](C)(C)C)c2n1.Cn1nc2ccc(-c3c[nH]c4nc(N5[C@@H]6CC[C@H]5CC(N)C6)cnc34)c(Cl)c2c1CO. The molecular weight excluding hydrogens is 1040 g/mol. The van der Waals surface area contributed by atoms with Crippen LogP contribution >= 0.6 is 23.2 Å². The molecule has 0 amide bonds. The molecular formula is C57H77Cl2N13O3Si2. The smallest absolute Gasteiger partial charge is 0.192 e. The summed E-state index contributed by atoms with van der Waals surface area (Å²) in [5.41, 5.74) is 16.4. The molecule has 77 heavy (non-hydrogen) atoms. The number of rotatable bonds is 13. The molecule has 4 fully saturated rings. The molecule has 0 radical (unpaired) electrons. The molecule has 4 aliphatic rings. The average Bonchev–Trinajstić information content (AvgIpc) is 4.24. The zero-order valence-corrected chi connectivity index (χ0v) is 50.3. The maximum Gasteiger partial charge on any atom is 0.192 e. The molecule has 10 heterocycles. The molecule has 4 bridgehead atoms. The molecule has 0 saturated carbocycles. The molecule has 2 aromatic carbocycles. The largest absolute Gasteiger partial charge is 0.411 e. The second kappa shape index (κ2) is 20.6. The number of nitrogens with one attached hydrogen (secondary N) is 1. The van der Waals surface area contributed by atoms with E-state index in [9.17, 15) is 5.11 Å². The van der Waals surface area contributed by atoms with Crippen molar-refractivity contribution >= 4 is 95.4 Å². The number of halogens is 2. The van der Waals surface area contributed by atoms with Gasteiger partial charge in [0.1, 0.15) is 29.4 Å². The van der Waals surface area contributed by atoms with Crippen molar-refractivity contribution in [3.63, 3.8) is 0 Å². The standard InChI is InChI=1S/C35H53ClN6O2Si2.C22H24ClN7O/c1-23-17-24-11-12-25(18-23)42(24)30-19-37-33-27(20-41(34(33)38-30)22-43-15-16-45(6,7)8)26-13-14-28-31(32(26)36)29(40(5)39-28)21-44-46(9,10)35(2,3)4;1-29-17(10-31)19-16(28-29)5-4-14(20(19)23)15-8-26-22-21(15)25-9-18(27-22)30-12-2-3-13(30)7-11(24)6-12/h13-14,19-20,23-25H,11-12,15-18,21-22H2,1-10H3;4-5,8-9,11-13,31H,2-3,6-7,10,24H2,1H3,(H,26,27)/t23?,24-,25+;11?,12-,13+. The Bertz CT molecular complexity index is 3480. The molecule has 4 aliphatic heterocycles. The van der Waals surface area contributed by atoms with Crippen LogP contribution in [0.1, 0.15) is 90.4 Å². The number of benzene rings is 2. The Hall–Kier alpha value is -4.93. The maximum absolute atomic E-state index is 9.78. The van der Waals surface area contributed by atoms with E-state index in [-0.39, 0.29) is 17.7 Å². The summed E-state index contributed by atoms with van der Waals surface area (Å²) >= 11 is 14.1. The molecule has 20 heteroatoms. The van der Waals surface area contributed by atoms with Crippen LogP contribution in [-0.2, 0) is 43.2 Å². The van der Waals surface area contributed by atoms with Gasteiger partial charge in [-0.25, -0.2) is 19.9 Å². The number of hydrogen-bond donors (Lipinski definition) is 3. The van der Waals surface area contributed by atoms with E-state index < -0.39 is 16.4 Å². The van der Waals surface area contributed by atoms with Crippen molar-refractivity contribution in [3.05, 3.63) is 70.5 Å². The zero-order chi connectivity index (χ0) is 54.5. The molecule has 2 unspecified atom stereocenters. The highest BCUT2D eigenvalue weighted by atomic mass is 35.5. The number of nitrogens with two attached hydrogens (primary N) is 1. The second-order valence-electron chi connectivity index (χ2n) is 25.3. The Labute approximate surface area is 464 Å². The van der Waals surface area contributed by atoms with Gasteiger partial charge in [0.15, 0.2) is 19.6 Å². The van der Waals surface area contributed by atoms with Crippen molar-refractivity contribution in [1.82, 2.24) is 49.0 Å². The van der Waals surface area contributed by atoms with Crippen molar-refractivity contribution in [1.29, 1.82) is 0 Å². The monoisotopic (exact) mass is 1120 g/mol. The van der Waals surface area contributed by atoms with Crippen LogP contribution in [-0.4, -0.2) is 107 Å². The predicted molar refractivity (Wildman–Crippen MR) is 317 cm³/mol. The van der Waals surface area contributed by atoms with E-state index in [0.29, 0.717) is 53.2 Å². The third-order valence-electron chi connectivity index (χ3n) is 17.6. The number of ether oxygens (including phenoxy) is 1. The van der Waals surface area contributed by atoms with Gasteiger partial charge < -0.3 is 39.4 Å². The fourth-order valence-electron chi connectivity index (χ4n) is 12.5. The number of aliphatic hydroxyl groups excluding tert-OH is 1. The van der Waals surface area contributed by atoms with Crippen LogP contribution < -0.4 is 15.5 Å². The van der Waals surface area contributed by atoms with Crippen LogP contribution in [0.25, 0.3) is 66.4 Å². The van der Waals surface area contributed by atoms with E-state index in [1.54, 1.807) is 11.7 Å². The number of nitrogens with zero attached hydrogens (tertiary/aromatic N) is 11. The Morgan fingerprint density at radius 3 is 1.87 bits per heavy atom. The lowest BCUT2D eigenvalue weighted by Crippen LogP contribution is -2.47. The van der Waals surface area contributed by atoms with Crippen LogP contribution in [0.5, 0.6) is 0 Å². The second-order valence-corrected chi connectivity index (χ2v) is 36.5. The first-order valence-electron chi connectivity index (χ1n) is 27.7. The van der Waals surface area contributed by atoms with Crippen molar-refractivity contribution in [3.8, 4) is 22.3 Å². The number of aliphatic hydroxyl groups is 1. The number of fused-ring (bicyclic) bond motifs is 8. The molecule has 6 atom stereocenters. The average molecular weight is 1120 g/mol. The summed E-state index contributed by atoms with van der Waals surface area (Å²) in [6.07, 6.45) is 17.2. The van der Waals surface area contributed by atoms with Gasteiger partial charge >= 0.3 is 0 Å². The van der Waals surface area contributed by atoms with Gasteiger partial charge in [-0.05, 0) is 93.6 Å². The molecule has 410 valence electrons. The normalized spacial score (nSPS) is 21.9. The Morgan fingerprint density at radius 2 is 1.29 bits per heavy atom. The highest BCUT2D eigenvalue weighted by Gasteiger charge is 2.42. The maximum atomic E-state index is 9.78. The fourth-order valence-corrected chi connectivity index (χ4v) is 14.9. The number of hydrogen-bond acceptors (Lipinski definition) is 12. The van der Waals surface area contributed by atoms with Crippen molar-refractivity contribution in [2.75, 3.05) is 16.4 Å². The highest BCUT2D eigenvalue weighted by Crippen LogP contribution is 2.45. The van der Waals surface area contributed by atoms with Gasteiger partial charge in [0.05, 0.1) is 58.1 Å². The van der Waals surface area contributed by atoms with E-state index in [2.05, 4.69) is 103 Å². The van der Waals surface area contributed by atoms with Crippen molar-refractivity contribution in [2.45, 2.75) is 173 Å². The summed E-state index contributed by atoms with van der Waals surface area (Å²) < 4.78 is 18.7. The molecule has 8 aromatic rings. The number of H-pyrrole nitrogens is 1. The van der Waals surface area contributed by atoms with Gasteiger partial charge in [0.2, 0.25) is 0 Å². The number of aromatic nitrogens is 10. The van der Waals surface area contributed by atoms with E-state index >= 15 is 0 Å². The van der Waals surface area contributed by atoms with Crippen molar-refractivity contribution in [2.24, 2.45) is 25.7 Å². The Balaban J connectivity index is 0.000000176. The number of anilines is 2. The summed E-state index contributed by atoms with van der Waals surface area (Å²) in [6, 6.07) is 11.4. The minimum atomic E-state index is -1.98. The molecule has 4 N–H and O–H groups in total. The van der Waals surface area contributed by atoms with E-state index in [0.717, 1.165) is 115 Å². The Morgan fingerprint density at radius 1 is 0.740 bits per heavy atom. The zero-order valence-electron chi connectivity index (χ0n) is 46.8. The minimum Gasteiger partial charge on any atom is -0.411 e. The van der Waals surface area contributed by atoms with Crippen molar-refractivity contribution < 1.29 is 14.3 Å². The van der Waals surface area contributed by atoms with Crippen LogP contribution in [0, 0.1) is 5.92 Å². The van der Waals surface area contributed by atoms with Gasteiger partial charge in [0, 0.05) is 104 Å². The quantitative estimate of drug-likeness (QED) is 0.0736. The highest BCUT2D eigenvalue weighted by molar-refractivity contribution is 6.76. The van der Waals surface area contributed by atoms with Gasteiger partial charge in [0.25, 0.3) is 0 Å². The minimum absolute atomic E-state index is 0.110. The topological polar surface area (TPSA) is 179 Å². The number of aromatic amines is 1. The summed E-state index contributed by atoms with van der Waals surface area (Å²) in [4.78, 5) is 28.4. The fraction of sp³-hybridized carbons (Fsp3) is 0.544. The first-order chi connectivity index (χ1) is 36.6. The number of aryl methyl sites for hydroxylation is 2. The van der Waals surface area contributed by atoms with Gasteiger partial charge in [-0.3, -0.25) is 9.36 Å². The molecule has 0 spiro atoms. The molecule has 16 nitrogen and oxygen atoms in total. The summed E-state index contributed by atoms with van der Waals surface area (Å²) in [6.45, 7) is 22.4. The summed E-state index contributed by atoms with van der Waals surface area (Å²) in [5.74, 6) is 2.66. The van der Waals surface area contributed by atoms with Crippen LogP contribution in [0.4, 0.5) is 11.6 Å². The first kappa shape index (κ1) is 54.0. The third-order valence-corrected chi connectivity index (χ3v) is 24.6. The van der Waals surface area contributed by atoms with Crippen LogP contribution in [0.3, 0.4) is 0 Å². The molecule has 12 rings (SSSR count). The lowest BCUT2D eigenvalue weighted by atomic mass is 9.92.